The van der Waals surface area contributed by atoms with Gasteiger partial charge in [0, 0.05) is 21.8 Å². The molecular formula is C35H35N3O3S. The second-order valence-corrected chi connectivity index (χ2v) is 11.4. The number of benzene rings is 4. The van der Waals surface area contributed by atoms with Crippen LogP contribution in [0.4, 0.5) is 11.4 Å². The van der Waals surface area contributed by atoms with Crippen molar-refractivity contribution in [2.75, 3.05) is 10.6 Å². The molecule has 0 radical (unpaired) electrons. The van der Waals surface area contributed by atoms with Gasteiger partial charge in [-0.1, -0.05) is 73.2 Å². The number of hydrogen-bond acceptors (Lipinski definition) is 4. The molecule has 0 spiro atoms. The number of anilines is 2. The predicted molar refractivity (Wildman–Crippen MR) is 173 cm³/mol. The molecule has 0 aliphatic heterocycles. The Morgan fingerprint density at radius 1 is 0.810 bits per heavy atom. The second kappa shape index (κ2) is 14.3. The average molecular weight is 578 g/mol. The van der Waals surface area contributed by atoms with E-state index in [2.05, 4.69) is 22.9 Å². The molecule has 0 heterocycles. The first kappa shape index (κ1) is 30.3. The number of carbonyl (C=O) groups excluding carboxylic acids is 3. The largest absolute Gasteiger partial charge is 0.325 e. The van der Waals surface area contributed by atoms with Crippen LogP contribution in [-0.4, -0.2) is 23.0 Å². The zero-order valence-corrected chi connectivity index (χ0v) is 25.0. The summed E-state index contributed by atoms with van der Waals surface area (Å²) in [6.45, 7) is 7.92. The molecule has 0 fully saturated rings. The fraction of sp³-hybridized carbons (Fsp3) is 0.171. The van der Waals surface area contributed by atoms with Crippen LogP contribution in [0.15, 0.2) is 108 Å². The van der Waals surface area contributed by atoms with Crippen LogP contribution >= 0.6 is 11.8 Å². The van der Waals surface area contributed by atoms with E-state index in [1.807, 2.05) is 81.4 Å². The first-order valence-electron chi connectivity index (χ1n) is 13.9. The Balaban J connectivity index is 1.43. The summed E-state index contributed by atoms with van der Waals surface area (Å²) >= 11 is 1.44. The Kier molecular flexibility index (Phi) is 10.3. The maximum Gasteiger partial charge on any atom is 0.272 e. The van der Waals surface area contributed by atoms with Crippen LogP contribution in [0.3, 0.4) is 0 Å². The summed E-state index contributed by atoms with van der Waals surface area (Å²) in [4.78, 5) is 40.0. The van der Waals surface area contributed by atoms with Crippen LogP contribution in [0, 0.1) is 13.8 Å². The van der Waals surface area contributed by atoms with Gasteiger partial charge in [-0.2, -0.15) is 0 Å². The van der Waals surface area contributed by atoms with Crippen molar-refractivity contribution in [3.05, 3.63) is 131 Å². The van der Waals surface area contributed by atoms with Gasteiger partial charge in [0.25, 0.3) is 11.8 Å². The van der Waals surface area contributed by atoms with Gasteiger partial charge >= 0.3 is 0 Å². The number of hydrogen-bond donors (Lipinski definition) is 3. The maximum atomic E-state index is 13.3. The fourth-order valence-electron chi connectivity index (χ4n) is 4.27. The number of para-hydroxylation sites is 1. The monoisotopic (exact) mass is 577 g/mol. The lowest BCUT2D eigenvalue weighted by Gasteiger charge is -2.16. The lowest BCUT2D eigenvalue weighted by molar-refractivity contribution is -0.115. The Hall–Kier alpha value is -4.62. The molecule has 3 amide bonds. The highest BCUT2D eigenvalue weighted by atomic mass is 32.2. The van der Waals surface area contributed by atoms with Gasteiger partial charge in [0.1, 0.15) is 5.70 Å². The topological polar surface area (TPSA) is 87.3 Å². The van der Waals surface area contributed by atoms with Crippen molar-refractivity contribution in [3.63, 3.8) is 0 Å². The van der Waals surface area contributed by atoms with Crippen LogP contribution in [0.2, 0.25) is 0 Å². The summed E-state index contributed by atoms with van der Waals surface area (Å²) in [5, 5.41) is 8.40. The zero-order chi connectivity index (χ0) is 30.1. The van der Waals surface area contributed by atoms with Crippen LogP contribution in [0.1, 0.15) is 46.5 Å². The van der Waals surface area contributed by atoms with Gasteiger partial charge in [0.15, 0.2) is 0 Å². The molecule has 0 aliphatic rings. The molecule has 0 saturated heterocycles. The number of carbonyl (C=O) groups is 3. The van der Waals surface area contributed by atoms with E-state index in [0.29, 0.717) is 11.3 Å². The molecule has 1 unspecified atom stereocenters. The summed E-state index contributed by atoms with van der Waals surface area (Å²) in [5.41, 5.74) is 6.05. The van der Waals surface area contributed by atoms with E-state index >= 15 is 0 Å². The van der Waals surface area contributed by atoms with Crippen molar-refractivity contribution >= 4 is 46.9 Å². The summed E-state index contributed by atoms with van der Waals surface area (Å²) in [5.74, 6) is -0.890. The molecule has 0 aliphatic carbocycles. The maximum absolute atomic E-state index is 13.3. The van der Waals surface area contributed by atoms with Gasteiger partial charge in [-0.05, 0) is 86.4 Å². The number of thioether (sulfide) groups is 1. The van der Waals surface area contributed by atoms with E-state index in [1.54, 1.807) is 42.5 Å². The molecule has 1 atom stereocenters. The number of aryl methyl sites for hydroxylation is 3. The zero-order valence-electron chi connectivity index (χ0n) is 24.2. The minimum absolute atomic E-state index is 0.0681. The summed E-state index contributed by atoms with van der Waals surface area (Å²) < 4.78 is 0. The highest BCUT2D eigenvalue weighted by Gasteiger charge is 2.18. The molecule has 6 nitrogen and oxygen atoms in total. The molecule has 4 rings (SSSR count). The quantitative estimate of drug-likeness (QED) is 0.135. The molecule has 7 heteroatoms. The normalized spacial score (nSPS) is 11.9. The molecule has 42 heavy (non-hydrogen) atoms. The van der Waals surface area contributed by atoms with Gasteiger partial charge in [-0.25, -0.2) is 0 Å². The Morgan fingerprint density at radius 3 is 2.17 bits per heavy atom. The van der Waals surface area contributed by atoms with Crippen molar-refractivity contribution in [1.29, 1.82) is 0 Å². The van der Waals surface area contributed by atoms with Crippen molar-refractivity contribution in [2.45, 2.75) is 44.3 Å². The molecular weight excluding hydrogens is 542 g/mol. The molecule has 0 saturated carbocycles. The Labute approximate surface area is 251 Å². The average Bonchev–Trinajstić information content (AvgIpc) is 3.00. The number of amides is 3. The first-order chi connectivity index (χ1) is 20.2. The van der Waals surface area contributed by atoms with E-state index in [1.165, 1.54) is 11.8 Å². The van der Waals surface area contributed by atoms with E-state index in [-0.39, 0.29) is 22.8 Å². The van der Waals surface area contributed by atoms with Crippen molar-refractivity contribution in [3.8, 4) is 0 Å². The van der Waals surface area contributed by atoms with Crippen molar-refractivity contribution in [1.82, 2.24) is 5.32 Å². The van der Waals surface area contributed by atoms with Gasteiger partial charge in [-0.3, -0.25) is 14.4 Å². The predicted octanol–water partition coefficient (Wildman–Crippen LogP) is 7.39. The summed E-state index contributed by atoms with van der Waals surface area (Å²) in [6.07, 6.45) is 2.49. The van der Waals surface area contributed by atoms with Crippen molar-refractivity contribution < 1.29 is 14.4 Å². The molecule has 4 aromatic carbocycles. The van der Waals surface area contributed by atoms with Crippen LogP contribution in [0.25, 0.3) is 6.08 Å². The lowest BCUT2D eigenvalue weighted by Crippen LogP contribution is -2.30. The minimum atomic E-state index is -0.446. The molecule has 0 aromatic heterocycles. The van der Waals surface area contributed by atoms with E-state index in [9.17, 15) is 14.4 Å². The highest BCUT2D eigenvalue weighted by molar-refractivity contribution is 8.00. The Morgan fingerprint density at radius 2 is 1.50 bits per heavy atom. The van der Waals surface area contributed by atoms with E-state index in [4.69, 9.17) is 0 Å². The summed E-state index contributed by atoms with van der Waals surface area (Å²) in [7, 11) is 0. The molecule has 0 bridgehead atoms. The lowest BCUT2D eigenvalue weighted by atomic mass is 10.1. The van der Waals surface area contributed by atoms with Crippen LogP contribution in [0.5, 0.6) is 0 Å². The number of rotatable bonds is 10. The number of nitrogens with one attached hydrogen (secondary N) is 3. The fourth-order valence-corrected chi connectivity index (χ4v) is 5.14. The first-order valence-corrected chi connectivity index (χ1v) is 14.7. The van der Waals surface area contributed by atoms with Crippen LogP contribution in [-0.2, 0) is 16.0 Å². The van der Waals surface area contributed by atoms with Crippen LogP contribution < -0.4 is 16.0 Å². The summed E-state index contributed by atoms with van der Waals surface area (Å²) in [6, 6.07) is 29.7. The van der Waals surface area contributed by atoms with Gasteiger partial charge in [0.05, 0.1) is 5.25 Å². The Bertz CT molecular complexity index is 1580. The third kappa shape index (κ3) is 8.21. The van der Waals surface area contributed by atoms with Gasteiger partial charge in [0.2, 0.25) is 5.91 Å². The second-order valence-electron chi connectivity index (χ2n) is 9.98. The standard InChI is InChI=1S/C35H35N3O3S/c1-5-27-13-9-10-24(3)32(27)38-33(39)25(4)42-30-20-18-29(19-21-30)36-35(41)31(22-26-16-14-23(2)15-17-26)37-34(40)28-11-7-6-8-12-28/h6-22,25H,5H2,1-4H3,(H,36,41)(H,37,40)(H,38,39)/b31-22-. The molecule has 4 aromatic rings. The molecule has 214 valence electrons. The smallest absolute Gasteiger partial charge is 0.272 e. The van der Waals surface area contributed by atoms with E-state index < -0.39 is 5.91 Å². The third-order valence-electron chi connectivity index (χ3n) is 6.70. The SMILES string of the molecule is CCc1cccc(C)c1NC(=O)C(C)Sc1ccc(NC(=O)/C(=C/c2ccc(C)cc2)NC(=O)c2ccccc2)cc1. The molecule has 3 N–H and O–H groups in total. The highest BCUT2D eigenvalue weighted by Crippen LogP contribution is 2.27. The van der Waals surface area contributed by atoms with E-state index in [0.717, 1.165) is 39.3 Å². The van der Waals surface area contributed by atoms with Gasteiger partial charge < -0.3 is 16.0 Å². The van der Waals surface area contributed by atoms with Crippen molar-refractivity contribution in [2.24, 2.45) is 0 Å². The minimum Gasteiger partial charge on any atom is -0.325 e. The third-order valence-corrected chi connectivity index (χ3v) is 7.81. The van der Waals surface area contributed by atoms with Gasteiger partial charge in [-0.15, -0.1) is 11.8 Å².